The monoisotopic (exact) mass is 282 g/mol. The van der Waals surface area contributed by atoms with E-state index in [2.05, 4.69) is 20.8 Å². The summed E-state index contributed by atoms with van der Waals surface area (Å²) in [4.78, 5) is 0. The highest BCUT2D eigenvalue weighted by Crippen LogP contribution is 2.44. The van der Waals surface area contributed by atoms with Gasteiger partial charge in [-0.2, -0.15) is 0 Å². The van der Waals surface area contributed by atoms with Gasteiger partial charge in [-0.1, -0.05) is 26.8 Å². The number of hydrogen-bond donors (Lipinski definition) is 1. The van der Waals surface area contributed by atoms with Gasteiger partial charge in [0.15, 0.2) is 0 Å². The molecule has 20 heavy (non-hydrogen) atoms. The summed E-state index contributed by atoms with van der Waals surface area (Å²) >= 11 is 0. The van der Waals surface area contributed by atoms with Crippen LogP contribution < -0.4 is 0 Å². The molecule has 1 fully saturated rings. The Morgan fingerprint density at radius 2 is 1.70 bits per heavy atom. The normalized spacial score (nSPS) is 28.2. The van der Waals surface area contributed by atoms with Crippen molar-refractivity contribution in [2.75, 3.05) is 0 Å². The Kier molecular flexibility index (Phi) is 4.19. The van der Waals surface area contributed by atoms with E-state index >= 15 is 0 Å². The zero-order valence-electron chi connectivity index (χ0n) is 12.5. The van der Waals surface area contributed by atoms with Gasteiger partial charge in [-0.05, 0) is 55.6 Å². The lowest BCUT2D eigenvalue weighted by molar-refractivity contribution is 0.0111. The Bertz CT molecular complexity index is 458. The molecule has 1 nitrogen and oxygen atoms in total. The first-order chi connectivity index (χ1) is 9.24. The highest BCUT2D eigenvalue weighted by molar-refractivity contribution is 5.26. The number of rotatable bonds is 1. The maximum Gasteiger partial charge on any atom is 0.132 e. The van der Waals surface area contributed by atoms with Gasteiger partial charge in [0.2, 0.25) is 0 Å². The van der Waals surface area contributed by atoms with E-state index in [0.29, 0.717) is 18.8 Å². The summed E-state index contributed by atoms with van der Waals surface area (Å²) in [6.45, 7) is 6.56. The van der Waals surface area contributed by atoms with E-state index in [-0.39, 0.29) is 11.0 Å². The minimum atomic E-state index is -1.37. The van der Waals surface area contributed by atoms with Gasteiger partial charge in [0.25, 0.3) is 0 Å². The van der Waals surface area contributed by atoms with Crippen LogP contribution >= 0.6 is 0 Å². The molecule has 2 unspecified atom stereocenters. The molecule has 0 saturated heterocycles. The second-order valence-electron chi connectivity index (χ2n) is 7.12. The van der Waals surface area contributed by atoms with Crippen LogP contribution in [0.25, 0.3) is 0 Å². The van der Waals surface area contributed by atoms with Gasteiger partial charge < -0.3 is 5.11 Å². The van der Waals surface area contributed by atoms with Gasteiger partial charge in [-0.15, -0.1) is 0 Å². The number of hydrogen-bond acceptors (Lipinski definition) is 1. The summed E-state index contributed by atoms with van der Waals surface area (Å²) in [6.07, 6.45) is 3.45. The molecule has 1 N–H and O–H groups in total. The molecule has 0 amide bonds. The van der Waals surface area contributed by atoms with E-state index < -0.39 is 17.2 Å². The van der Waals surface area contributed by atoms with Crippen LogP contribution in [0.1, 0.15) is 58.4 Å². The van der Waals surface area contributed by atoms with E-state index in [1.807, 2.05) is 0 Å². The average Bonchev–Trinajstić information content (AvgIpc) is 2.51. The van der Waals surface area contributed by atoms with E-state index in [0.717, 1.165) is 19.3 Å². The molecule has 1 aromatic carbocycles. The minimum absolute atomic E-state index is 0.144. The summed E-state index contributed by atoms with van der Waals surface area (Å²) < 4.78 is 27.9. The van der Waals surface area contributed by atoms with Crippen LogP contribution in [-0.4, -0.2) is 5.11 Å². The summed E-state index contributed by atoms with van der Waals surface area (Å²) in [5, 5.41) is 10.8. The highest BCUT2D eigenvalue weighted by atomic mass is 19.1. The Balaban J connectivity index is 2.28. The van der Waals surface area contributed by atoms with Crippen molar-refractivity contribution in [1.29, 1.82) is 0 Å². The summed E-state index contributed by atoms with van der Waals surface area (Å²) in [5.41, 5.74) is -1.34. The van der Waals surface area contributed by atoms with Gasteiger partial charge in [0.1, 0.15) is 11.6 Å². The first kappa shape index (κ1) is 15.4. The van der Waals surface area contributed by atoms with E-state index in [1.165, 1.54) is 18.2 Å². The molecule has 0 aliphatic heterocycles. The first-order valence-electron chi connectivity index (χ1n) is 7.41. The van der Waals surface area contributed by atoms with Gasteiger partial charge in [-0.3, -0.25) is 0 Å². The predicted octanol–water partition coefficient (Wildman–Crippen LogP) is 4.78. The van der Waals surface area contributed by atoms with Crippen LogP contribution in [0.5, 0.6) is 0 Å². The zero-order valence-corrected chi connectivity index (χ0v) is 12.5. The SMILES string of the molecule is CC(C)(C)C1CCCC(O)(c2c(F)cccc2F)CC1. The second kappa shape index (κ2) is 5.44. The van der Waals surface area contributed by atoms with E-state index in [1.54, 1.807) is 0 Å². The molecule has 112 valence electrons. The largest absolute Gasteiger partial charge is 0.385 e. The minimum Gasteiger partial charge on any atom is -0.385 e. The van der Waals surface area contributed by atoms with Crippen molar-refractivity contribution in [3.05, 3.63) is 35.4 Å². The van der Waals surface area contributed by atoms with E-state index in [4.69, 9.17) is 0 Å². The molecular formula is C17H24F2O. The van der Waals surface area contributed by atoms with Crippen molar-refractivity contribution >= 4 is 0 Å². The summed E-state index contributed by atoms with van der Waals surface area (Å²) in [7, 11) is 0. The Labute approximate surface area is 120 Å². The molecule has 1 saturated carbocycles. The van der Waals surface area contributed by atoms with Crippen LogP contribution in [0.3, 0.4) is 0 Å². The van der Waals surface area contributed by atoms with Gasteiger partial charge in [0.05, 0.1) is 11.2 Å². The highest BCUT2D eigenvalue weighted by Gasteiger charge is 2.39. The van der Waals surface area contributed by atoms with Crippen molar-refractivity contribution in [3.63, 3.8) is 0 Å². The smallest absolute Gasteiger partial charge is 0.132 e. The van der Waals surface area contributed by atoms with Gasteiger partial charge in [-0.25, -0.2) is 8.78 Å². The number of benzene rings is 1. The molecule has 0 spiro atoms. The van der Waals surface area contributed by atoms with Crippen molar-refractivity contribution in [1.82, 2.24) is 0 Å². The second-order valence-corrected chi connectivity index (χ2v) is 7.12. The molecule has 2 rings (SSSR count). The number of halogens is 2. The fraction of sp³-hybridized carbons (Fsp3) is 0.647. The fourth-order valence-corrected chi connectivity index (χ4v) is 3.38. The molecule has 0 heterocycles. The van der Waals surface area contributed by atoms with Crippen LogP contribution in [0.15, 0.2) is 18.2 Å². The third kappa shape index (κ3) is 3.03. The topological polar surface area (TPSA) is 20.2 Å². The lowest BCUT2D eigenvalue weighted by Gasteiger charge is -2.31. The molecule has 0 bridgehead atoms. The van der Waals surface area contributed by atoms with Crippen molar-refractivity contribution in [2.24, 2.45) is 11.3 Å². The van der Waals surface area contributed by atoms with Crippen LogP contribution in [-0.2, 0) is 5.60 Å². The molecule has 0 radical (unpaired) electrons. The number of aliphatic hydroxyl groups is 1. The fourth-order valence-electron chi connectivity index (χ4n) is 3.38. The standard InChI is InChI=1S/C17H24F2O/c1-16(2,3)12-6-5-10-17(20,11-9-12)15-13(18)7-4-8-14(15)19/h4,7-8,12,20H,5-6,9-11H2,1-3H3. The van der Waals surface area contributed by atoms with Crippen LogP contribution in [0.2, 0.25) is 0 Å². The molecule has 1 aliphatic carbocycles. The van der Waals surface area contributed by atoms with Crippen molar-refractivity contribution in [3.8, 4) is 0 Å². The summed E-state index contributed by atoms with van der Waals surface area (Å²) in [5.74, 6) is -0.797. The molecule has 2 atom stereocenters. The first-order valence-corrected chi connectivity index (χ1v) is 7.41. The Morgan fingerprint density at radius 3 is 2.25 bits per heavy atom. The van der Waals surface area contributed by atoms with Crippen molar-refractivity contribution in [2.45, 2.75) is 58.5 Å². The maximum atomic E-state index is 13.9. The Hall–Kier alpha value is -0.960. The van der Waals surface area contributed by atoms with Crippen molar-refractivity contribution < 1.29 is 13.9 Å². The zero-order chi connectivity index (χ0) is 15.0. The van der Waals surface area contributed by atoms with Crippen LogP contribution in [0.4, 0.5) is 8.78 Å². The summed E-state index contributed by atoms with van der Waals surface area (Å²) in [6, 6.07) is 3.79. The lowest BCUT2D eigenvalue weighted by Crippen LogP contribution is -2.28. The molecule has 1 aliphatic rings. The lowest BCUT2D eigenvalue weighted by atomic mass is 9.76. The molecule has 3 heteroatoms. The molecule has 1 aromatic rings. The average molecular weight is 282 g/mol. The third-order valence-corrected chi connectivity index (χ3v) is 4.70. The van der Waals surface area contributed by atoms with Crippen LogP contribution in [0, 0.1) is 23.0 Å². The predicted molar refractivity (Wildman–Crippen MR) is 76.3 cm³/mol. The Morgan fingerprint density at radius 1 is 1.10 bits per heavy atom. The quantitative estimate of drug-likeness (QED) is 0.735. The van der Waals surface area contributed by atoms with Gasteiger partial charge in [0, 0.05) is 0 Å². The third-order valence-electron chi connectivity index (χ3n) is 4.70. The van der Waals surface area contributed by atoms with E-state index in [9.17, 15) is 13.9 Å². The molecular weight excluding hydrogens is 258 g/mol. The molecule has 0 aromatic heterocycles. The maximum absolute atomic E-state index is 13.9. The van der Waals surface area contributed by atoms with Gasteiger partial charge >= 0.3 is 0 Å².